The van der Waals surface area contributed by atoms with Crippen molar-refractivity contribution in [2.45, 2.75) is 13.0 Å². The monoisotopic (exact) mass is 253 g/mol. The largest absolute Gasteiger partial charge is 0.399 e. The number of ether oxygens (including phenoxy) is 1. The van der Waals surface area contributed by atoms with E-state index in [1.54, 1.807) is 6.07 Å². The molecule has 3 N–H and O–H groups in total. The number of hydrogen-bond acceptors (Lipinski definition) is 4. The number of nitrogens with one attached hydrogen (secondary N) is 1. The Labute approximate surface area is 107 Å². The van der Waals surface area contributed by atoms with Gasteiger partial charge in [-0.15, -0.1) is 0 Å². The van der Waals surface area contributed by atoms with E-state index < -0.39 is 0 Å². The minimum atomic E-state index is -0.322. The summed E-state index contributed by atoms with van der Waals surface area (Å²) >= 11 is 0. The molecule has 0 saturated carbocycles. The predicted molar refractivity (Wildman–Crippen MR) is 71.2 cm³/mol. The Kier molecular flexibility index (Phi) is 4.38. The molecular weight excluding hydrogens is 233 g/mol. The maximum atomic E-state index is 13.2. The molecule has 1 unspecified atom stereocenters. The van der Waals surface area contributed by atoms with Crippen molar-refractivity contribution < 1.29 is 9.13 Å². The number of nitrogens with zero attached hydrogens (tertiary/aromatic N) is 1. The standard InChI is InChI=1S/C13H20FN3O/c1-2-17-3-4-18-13(9-17)8-16-12-6-10(14)5-11(15)7-12/h5-7,13,16H,2-4,8-9,15H2,1H3. The molecule has 1 atom stereocenters. The molecule has 4 nitrogen and oxygen atoms in total. The van der Waals surface area contributed by atoms with Gasteiger partial charge in [0.25, 0.3) is 0 Å². The maximum Gasteiger partial charge on any atom is 0.127 e. The molecule has 0 radical (unpaired) electrons. The van der Waals surface area contributed by atoms with E-state index in [1.807, 2.05) is 0 Å². The molecular formula is C13H20FN3O. The Morgan fingerprint density at radius 2 is 2.33 bits per heavy atom. The van der Waals surface area contributed by atoms with E-state index in [1.165, 1.54) is 12.1 Å². The molecule has 2 rings (SSSR count). The first-order valence-electron chi connectivity index (χ1n) is 6.31. The number of anilines is 2. The first-order valence-corrected chi connectivity index (χ1v) is 6.31. The van der Waals surface area contributed by atoms with Gasteiger partial charge >= 0.3 is 0 Å². The minimum Gasteiger partial charge on any atom is -0.399 e. The van der Waals surface area contributed by atoms with Gasteiger partial charge in [-0.1, -0.05) is 6.92 Å². The molecule has 0 aliphatic carbocycles. The average molecular weight is 253 g/mol. The summed E-state index contributed by atoms with van der Waals surface area (Å²) in [6, 6.07) is 4.47. The third-order valence-electron chi connectivity index (χ3n) is 3.12. The molecule has 100 valence electrons. The number of nitrogens with two attached hydrogens (primary N) is 1. The zero-order chi connectivity index (χ0) is 13.0. The van der Waals surface area contributed by atoms with Crippen LogP contribution in [0.1, 0.15) is 6.92 Å². The molecule has 18 heavy (non-hydrogen) atoms. The summed E-state index contributed by atoms with van der Waals surface area (Å²) in [5.41, 5.74) is 6.72. The van der Waals surface area contributed by atoms with Crippen LogP contribution in [-0.2, 0) is 4.74 Å². The third-order valence-corrected chi connectivity index (χ3v) is 3.12. The van der Waals surface area contributed by atoms with Crippen LogP contribution in [0.3, 0.4) is 0 Å². The molecule has 5 heteroatoms. The molecule has 1 aliphatic heterocycles. The third kappa shape index (κ3) is 3.58. The van der Waals surface area contributed by atoms with E-state index in [0.29, 0.717) is 17.9 Å². The van der Waals surface area contributed by atoms with Crippen LogP contribution in [0, 0.1) is 5.82 Å². The number of rotatable bonds is 4. The molecule has 0 spiro atoms. The highest BCUT2D eigenvalue weighted by Gasteiger charge is 2.18. The summed E-state index contributed by atoms with van der Waals surface area (Å²) in [5, 5.41) is 3.17. The van der Waals surface area contributed by atoms with Crippen molar-refractivity contribution in [2.24, 2.45) is 0 Å². The molecule has 0 aromatic heterocycles. The molecule has 1 heterocycles. The van der Waals surface area contributed by atoms with Crippen LogP contribution in [0.5, 0.6) is 0 Å². The maximum absolute atomic E-state index is 13.2. The number of benzene rings is 1. The number of likely N-dealkylation sites (N-methyl/N-ethyl adjacent to an activating group) is 1. The van der Waals surface area contributed by atoms with E-state index in [2.05, 4.69) is 17.1 Å². The summed E-state index contributed by atoms with van der Waals surface area (Å²) < 4.78 is 18.8. The highest BCUT2D eigenvalue weighted by Crippen LogP contribution is 2.16. The van der Waals surface area contributed by atoms with E-state index in [0.717, 1.165) is 26.2 Å². The molecule has 1 saturated heterocycles. The van der Waals surface area contributed by atoms with Gasteiger partial charge in [-0.2, -0.15) is 0 Å². The number of hydrogen-bond donors (Lipinski definition) is 2. The van der Waals surface area contributed by atoms with Gasteiger partial charge in [0.2, 0.25) is 0 Å². The van der Waals surface area contributed by atoms with Crippen LogP contribution in [0.25, 0.3) is 0 Å². The van der Waals surface area contributed by atoms with Crippen LogP contribution in [0.2, 0.25) is 0 Å². The van der Waals surface area contributed by atoms with Crippen molar-refractivity contribution in [1.82, 2.24) is 4.90 Å². The van der Waals surface area contributed by atoms with E-state index in [-0.39, 0.29) is 11.9 Å². The SMILES string of the molecule is CCN1CCOC(CNc2cc(N)cc(F)c2)C1. The number of nitrogen functional groups attached to an aromatic ring is 1. The smallest absolute Gasteiger partial charge is 0.127 e. The second kappa shape index (κ2) is 6.02. The fourth-order valence-corrected chi connectivity index (χ4v) is 2.14. The molecule has 1 aromatic carbocycles. The summed E-state index contributed by atoms with van der Waals surface area (Å²) in [6.07, 6.45) is 0.142. The Balaban J connectivity index is 1.87. The quantitative estimate of drug-likeness (QED) is 0.799. The molecule has 1 aliphatic rings. The van der Waals surface area contributed by atoms with Crippen molar-refractivity contribution in [3.05, 3.63) is 24.0 Å². The molecule has 0 bridgehead atoms. The summed E-state index contributed by atoms with van der Waals surface area (Å²) in [7, 11) is 0. The molecule has 1 fully saturated rings. The molecule has 0 amide bonds. The first kappa shape index (κ1) is 13.1. The highest BCUT2D eigenvalue weighted by atomic mass is 19.1. The zero-order valence-corrected chi connectivity index (χ0v) is 10.7. The lowest BCUT2D eigenvalue weighted by molar-refractivity contribution is -0.0191. The van der Waals surface area contributed by atoms with Gasteiger partial charge in [0.1, 0.15) is 5.82 Å². The van der Waals surface area contributed by atoms with Gasteiger partial charge in [0, 0.05) is 31.0 Å². The second-order valence-electron chi connectivity index (χ2n) is 4.54. The Morgan fingerprint density at radius 3 is 3.06 bits per heavy atom. The van der Waals surface area contributed by atoms with Crippen LogP contribution in [-0.4, -0.2) is 43.8 Å². The van der Waals surface area contributed by atoms with Gasteiger partial charge in [0.15, 0.2) is 0 Å². The van der Waals surface area contributed by atoms with Gasteiger partial charge in [-0.3, -0.25) is 4.90 Å². The lowest BCUT2D eigenvalue weighted by Crippen LogP contribution is -2.45. The van der Waals surface area contributed by atoms with Crippen LogP contribution < -0.4 is 11.1 Å². The van der Waals surface area contributed by atoms with Gasteiger partial charge in [-0.25, -0.2) is 4.39 Å². The van der Waals surface area contributed by atoms with Crippen LogP contribution >= 0.6 is 0 Å². The predicted octanol–water partition coefficient (Wildman–Crippen LogP) is 1.54. The van der Waals surface area contributed by atoms with Crippen LogP contribution in [0.15, 0.2) is 18.2 Å². The Morgan fingerprint density at radius 1 is 1.50 bits per heavy atom. The first-order chi connectivity index (χ1) is 8.67. The van der Waals surface area contributed by atoms with Crippen molar-refractivity contribution in [1.29, 1.82) is 0 Å². The van der Waals surface area contributed by atoms with E-state index in [4.69, 9.17) is 10.5 Å². The zero-order valence-electron chi connectivity index (χ0n) is 10.7. The van der Waals surface area contributed by atoms with Gasteiger partial charge in [-0.05, 0) is 24.7 Å². The minimum absolute atomic E-state index is 0.142. The summed E-state index contributed by atoms with van der Waals surface area (Å²) in [4.78, 5) is 2.34. The average Bonchev–Trinajstić information content (AvgIpc) is 2.35. The van der Waals surface area contributed by atoms with E-state index in [9.17, 15) is 4.39 Å². The molecule has 1 aromatic rings. The number of halogens is 1. The van der Waals surface area contributed by atoms with Gasteiger partial charge < -0.3 is 15.8 Å². The van der Waals surface area contributed by atoms with Gasteiger partial charge in [0.05, 0.1) is 12.7 Å². The van der Waals surface area contributed by atoms with Crippen LogP contribution in [0.4, 0.5) is 15.8 Å². The Bertz CT molecular complexity index is 380. The highest BCUT2D eigenvalue weighted by molar-refractivity contribution is 5.54. The van der Waals surface area contributed by atoms with Crippen molar-refractivity contribution >= 4 is 11.4 Å². The van der Waals surface area contributed by atoms with Crippen molar-refractivity contribution in [2.75, 3.05) is 43.8 Å². The van der Waals surface area contributed by atoms with Crippen molar-refractivity contribution in [3.63, 3.8) is 0 Å². The van der Waals surface area contributed by atoms with Crippen molar-refractivity contribution in [3.8, 4) is 0 Å². The summed E-state index contributed by atoms with van der Waals surface area (Å²) in [6.45, 7) is 6.49. The van der Waals surface area contributed by atoms with E-state index >= 15 is 0 Å². The Hall–Kier alpha value is -1.33. The second-order valence-corrected chi connectivity index (χ2v) is 4.54. The fourth-order valence-electron chi connectivity index (χ4n) is 2.14. The fraction of sp³-hybridized carbons (Fsp3) is 0.538. The summed E-state index contributed by atoms with van der Waals surface area (Å²) in [5.74, 6) is -0.322. The lowest BCUT2D eigenvalue weighted by atomic mass is 10.2. The lowest BCUT2D eigenvalue weighted by Gasteiger charge is -2.32. The topological polar surface area (TPSA) is 50.5 Å². The normalized spacial score (nSPS) is 20.9. The number of morpholine rings is 1.